The molecule has 4 heteroatoms. The minimum absolute atomic E-state index is 0.0165. The van der Waals surface area contributed by atoms with Crippen LogP contribution in [-0.4, -0.2) is 11.1 Å². The lowest BCUT2D eigenvalue weighted by Crippen LogP contribution is -2.13. The molecule has 2 aromatic carbocycles. The molecule has 2 aromatic rings. The van der Waals surface area contributed by atoms with Gasteiger partial charge in [0.15, 0.2) is 5.82 Å². The van der Waals surface area contributed by atoms with Crippen LogP contribution < -0.4 is 5.73 Å². The van der Waals surface area contributed by atoms with Crippen LogP contribution in [0.1, 0.15) is 24.8 Å². The van der Waals surface area contributed by atoms with E-state index in [0.717, 1.165) is 5.39 Å². The summed E-state index contributed by atoms with van der Waals surface area (Å²) in [7, 11) is 0. The van der Waals surface area contributed by atoms with Crippen LogP contribution >= 0.6 is 0 Å². The number of halogens is 1. The monoisotopic (exact) mass is 247 g/mol. The normalized spacial score (nSPS) is 12.6. The molecule has 1 atom stereocenters. The quantitative estimate of drug-likeness (QED) is 0.819. The van der Waals surface area contributed by atoms with Crippen LogP contribution in [-0.2, 0) is 4.79 Å². The molecule has 0 heterocycles. The van der Waals surface area contributed by atoms with Crippen molar-refractivity contribution < 1.29 is 14.3 Å². The van der Waals surface area contributed by atoms with Crippen LogP contribution in [0.3, 0.4) is 0 Å². The van der Waals surface area contributed by atoms with Gasteiger partial charge in [0, 0.05) is 10.9 Å². The molecule has 0 spiro atoms. The lowest BCUT2D eigenvalue weighted by molar-refractivity contribution is -0.138. The summed E-state index contributed by atoms with van der Waals surface area (Å²) in [5.41, 5.74) is 5.91. The van der Waals surface area contributed by atoms with Gasteiger partial charge in [0.05, 0.1) is 11.6 Å². The van der Waals surface area contributed by atoms with Crippen LogP contribution in [0.5, 0.6) is 0 Å². The van der Waals surface area contributed by atoms with Gasteiger partial charge in [-0.05, 0) is 17.9 Å². The highest BCUT2D eigenvalue weighted by molar-refractivity contribution is 5.95. The Morgan fingerprint density at radius 3 is 2.72 bits per heavy atom. The summed E-state index contributed by atoms with van der Waals surface area (Å²) in [4.78, 5) is 11.1. The number of hydrogen-bond acceptors (Lipinski definition) is 2. The van der Waals surface area contributed by atoms with Crippen molar-refractivity contribution in [1.29, 1.82) is 0 Å². The highest BCUT2D eigenvalue weighted by atomic mass is 19.1. The first-order valence-electron chi connectivity index (χ1n) is 5.75. The van der Waals surface area contributed by atoms with Gasteiger partial charge in [-0.25, -0.2) is 4.39 Å². The van der Waals surface area contributed by atoms with Crippen LogP contribution in [0.25, 0.3) is 10.8 Å². The second-order valence-electron chi connectivity index (χ2n) is 4.21. The van der Waals surface area contributed by atoms with Crippen molar-refractivity contribution in [3.05, 3.63) is 41.7 Å². The maximum Gasteiger partial charge on any atom is 0.311 e. The van der Waals surface area contributed by atoms with Gasteiger partial charge >= 0.3 is 5.97 Å². The van der Waals surface area contributed by atoms with E-state index < -0.39 is 17.7 Å². The Balaban J connectivity index is 2.72. The molecule has 2 rings (SSSR count). The number of anilines is 1. The van der Waals surface area contributed by atoms with Gasteiger partial charge in [0.1, 0.15) is 0 Å². The molecule has 94 valence electrons. The van der Waals surface area contributed by atoms with Gasteiger partial charge in [-0.3, -0.25) is 4.79 Å². The molecule has 0 fully saturated rings. The van der Waals surface area contributed by atoms with Gasteiger partial charge in [-0.15, -0.1) is 0 Å². The highest BCUT2D eigenvalue weighted by Crippen LogP contribution is 2.32. The summed E-state index contributed by atoms with van der Waals surface area (Å²) in [5.74, 6) is -2.52. The van der Waals surface area contributed by atoms with E-state index in [1.165, 1.54) is 0 Å². The number of rotatable bonds is 3. The molecule has 0 aliphatic carbocycles. The molecule has 0 aliphatic heterocycles. The minimum Gasteiger partial charge on any atom is -0.481 e. The molecule has 18 heavy (non-hydrogen) atoms. The highest BCUT2D eigenvalue weighted by Gasteiger charge is 2.23. The summed E-state index contributed by atoms with van der Waals surface area (Å²) >= 11 is 0. The molecular weight excluding hydrogens is 233 g/mol. The summed E-state index contributed by atoms with van der Waals surface area (Å²) in [5, 5.41) is 10.5. The summed E-state index contributed by atoms with van der Waals surface area (Å²) in [6.45, 7) is 1.71. The van der Waals surface area contributed by atoms with Gasteiger partial charge in [0.2, 0.25) is 0 Å². The van der Waals surface area contributed by atoms with Crippen LogP contribution in [0.2, 0.25) is 0 Å². The maximum atomic E-state index is 14.1. The Labute approximate surface area is 104 Å². The zero-order chi connectivity index (χ0) is 13.3. The fraction of sp³-hybridized carbons (Fsp3) is 0.214. The second kappa shape index (κ2) is 4.64. The number of hydrogen-bond donors (Lipinski definition) is 2. The summed E-state index contributed by atoms with van der Waals surface area (Å²) in [6.07, 6.45) is 0.323. The molecule has 0 aliphatic rings. The fourth-order valence-electron chi connectivity index (χ4n) is 2.15. The van der Waals surface area contributed by atoms with E-state index in [0.29, 0.717) is 11.8 Å². The first kappa shape index (κ1) is 12.4. The van der Waals surface area contributed by atoms with E-state index in [2.05, 4.69) is 0 Å². The maximum absolute atomic E-state index is 14.1. The van der Waals surface area contributed by atoms with Crippen molar-refractivity contribution in [3.8, 4) is 0 Å². The number of carboxylic acids is 1. The van der Waals surface area contributed by atoms with Gasteiger partial charge in [0.25, 0.3) is 0 Å². The van der Waals surface area contributed by atoms with Crippen molar-refractivity contribution in [2.45, 2.75) is 19.3 Å². The Morgan fingerprint density at radius 1 is 1.44 bits per heavy atom. The van der Waals surface area contributed by atoms with Gasteiger partial charge in [-0.1, -0.05) is 31.2 Å². The molecule has 3 nitrogen and oxygen atoms in total. The molecule has 0 amide bonds. The summed E-state index contributed by atoms with van der Waals surface area (Å²) in [6, 6.07) is 8.67. The van der Waals surface area contributed by atoms with Crippen molar-refractivity contribution in [3.63, 3.8) is 0 Å². The van der Waals surface area contributed by atoms with E-state index >= 15 is 0 Å². The first-order valence-corrected chi connectivity index (χ1v) is 5.75. The number of carbonyl (C=O) groups is 1. The Bertz CT molecular complexity index is 610. The lowest BCUT2D eigenvalue weighted by Gasteiger charge is -2.14. The Kier molecular flexibility index (Phi) is 3.19. The van der Waals surface area contributed by atoms with E-state index in [1.54, 1.807) is 31.2 Å². The number of nitrogens with two attached hydrogens (primary N) is 1. The Morgan fingerprint density at radius 2 is 2.11 bits per heavy atom. The van der Waals surface area contributed by atoms with Gasteiger partial charge < -0.3 is 10.8 Å². The van der Waals surface area contributed by atoms with Crippen LogP contribution in [0.15, 0.2) is 30.3 Å². The number of aliphatic carboxylic acids is 1. The number of fused-ring (bicyclic) bond motifs is 1. The fourth-order valence-corrected chi connectivity index (χ4v) is 2.15. The predicted molar refractivity (Wildman–Crippen MR) is 69.0 cm³/mol. The van der Waals surface area contributed by atoms with Crippen LogP contribution in [0, 0.1) is 5.82 Å². The van der Waals surface area contributed by atoms with E-state index in [-0.39, 0.29) is 11.3 Å². The third-order valence-corrected chi connectivity index (χ3v) is 3.13. The van der Waals surface area contributed by atoms with Crippen LogP contribution in [0.4, 0.5) is 10.1 Å². The van der Waals surface area contributed by atoms with E-state index in [4.69, 9.17) is 10.8 Å². The SMILES string of the molecule is CCC(C(=O)O)c1cc2ccccc2c(N)c1F. The molecule has 3 N–H and O–H groups in total. The topological polar surface area (TPSA) is 63.3 Å². The number of nitrogen functional groups attached to an aromatic ring is 1. The van der Waals surface area contributed by atoms with E-state index in [1.807, 2.05) is 6.07 Å². The third kappa shape index (κ3) is 1.90. The molecular formula is C14H14FNO2. The minimum atomic E-state index is -1.04. The number of carboxylic acid groups (broad SMARTS) is 1. The molecule has 0 bridgehead atoms. The zero-order valence-corrected chi connectivity index (χ0v) is 9.98. The molecule has 1 unspecified atom stereocenters. The van der Waals surface area contributed by atoms with Crippen molar-refractivity contribution in [2.24, 2.45) is 0 Å². The first-order chi connectivity index (χ1) is 8.56. The van der Waals surface area contributed by atoms with Crippen molar-refractivity contribution in [1.82, 2.24) is 0 Å². The van der Waals surface area contributed by atoms with Crippen molar-refractivity contribution in [2.75, 3.05) is 5.73 Å². The zero-order valence-electron chi connectivity index (χ0n) is 9.98. The summed E-state index contributed by atoms with van der Waals surface area (Å²) < 4.78 is 14.1. The second-order valence-corrected chi connectivity index (χ2v) is 4.21. The third-order valence-electron chi connectivity index (χ3n) is 3.13. The number of benzene rings is 2. The van der Waals surface area contributed by atoms with Crippen molar-refractivity contribution >= 4 is 22.4 Å². The molecule has 0 aromatic heterocycles. The smallest absolute Gasteiger partial charge is 0.311 e. The largest absolute Gasteiger partial charge is 0.481 e. The standard InChI is InChI=1S/C14H14FNO2/c1-2-9(14(17)18)11-7-8-5-3-4-6-10(8)13(16)12(11)15/h3-7,9H,2,16H2,1H3,(H,17,18). The molecule has 0 saturated carbocycles. The molecule has 0 saturated heterocycles. The van der Waals surface area contributed by atoms with E-state index in [9.17, 15) is 9.18 Å². The predicted octanol–water partition coefficient (Wildman–Crippen LogP) is 3.14. The Hall–Kier alpha value is -2.10. The lowest BCUT2D eigenvalue weighted by atomic mass is 9.92. The molecule has 0 radical (unpaired) electrons. The average Bonchev–Trinajstić information content (AvgIpc) is 2.36. The van der Waals surface area contributed by atoms with Gasteiger partial charge in [-0.2, -0.15) is 0 Å². The average molecular weight is 247 g/mol.